The first-order valence-electron chi connectivity index (χ1n) is 28.1. The average molecular weight is 1640 g/mol. The number of carbonyl (C=O) groups excluding carboxylic acids is 2. The molecule has 10 aromatic carbocycles. The maximum Gasteiger partial charge on any atom is 0.382 e. The van der Waals surface area contributed by atoms with Gasteiger partial charge in [-0.05, 0) is 215 Å². The van der Waals surface area contributed by atoms with Gasteiger partial charge in [-0.25, -0.2) is 24.4 Å². The number of aromatic nitrogens is 4. The summed E-state index contributed by atoms with van der Waals surface area (Å²) in [6.07, 6.45) is 9.17. The molecule has 0 spiro atoms. The van der Waals surface area contributed by atoms with Gasteiger partial charge in [0.15, 0.2) is 29.4 Å². The Labute approximate surface area is 592 Å². The van der Waals surface area contributed by atoms with Crippen LogP contribution in [-0.4, -0.2) is 59.1 Å². The number of imidazole rings is 2. The molecule has 0 amide bonds. The molecule has 2 N–H and O–H groups in total. The topological polar surface area (TPSA) is 155 Å². The minimum Gasteiger partial charge on any atom is -1.00 e. The van der Waals surface area contributed by atoms with Crippen LogP contribution in [0.15, 0.2) is 346 Å². The zero-order valence-corrected chi connectivity index (χ0v) is 58.2. The van der Waals surface area contributed by atoms with E-state index < -0.39 is 23.8 Å². The summed E-state index contributed by atoms with van der Waals surface area (Å²) in [7, 11) is -0.0293. The molecule has 0 bridgehead atoms. The number of carbonyl (C=O) groups is 3. The molecule has 12 aromatic rings. The number of aliphatic carboxylic acids is 1. The fraction of sp³-hybridized carbons (Fsp3) is 0.0548. The Hall–Kier alpha value is -8.76. The van der Waals surface area contributed by atoms with Crippen LogP contribution in [0, 0.1) is 7.14 Å². The van der Waals surface area contributed by atoms with Crippen LogP contribution in [0.3, 0.4) is 0 Å². The van der Waals surface area contributed by atoms with Crippen LogP contribution >= 0.6 is 45.2 Å². The highest BCUT2D eigenvalue weighted by Gasteiger charge is 2.35. The number of hydrogen-bond donors (Lipinski definition) is 2. The van der Waals surface area contributed by atoms with E-state index in [0.29, 0.717) is 31.1 Å². The highest BCUT2D eigenvalue weighted by molar-refractivity contribution is 14.1. The number of aromatic hydroxyl groups is 1. The first-order valence-corrected chi connectivity index (χ1v) is 32.7. The molecule has 0 aliphatic carbocycles. The number of benzene rings is 10. The van der Waals surface area contributed by atoms with Gasteiger partial charge in [-0.1, -0.05) is 109 Å². The van der Waals surface area contributed by atoms with E-state index in [1.54, 1.807) is 49.1 Å². The summed E-state index contributed by atoms with van der Waals surface area (Å²) in [4.78, 5) is 47.4. The van der Waals surface area contributed by atoms with Crippen LogP contribution in [0.1, 0.15) is 13.8 Å². The molecule has 2 aromatic heterocycles. The lowest BCUT2D eigenvalue weighted by molar-refractivity contribution is -0.162. The summed E-state index contributed by atoms with van der Waals surface area (Å²) in [5, 5.41) is 16.6. The van der Waals surface area contributed by atoms with Crippen LogP contribution in [-0.2, 0) is 31.4 Å². The van der Waals surface area contributed by atoms with E-state index in [1.165, 1.54) is 79.0 Å². The Kier molecular flexibility index (Phi) is 30.4. The maximum atomic E-state index is 12.7. The molecule has 0 aliphatic heterocycles. The third-order valence-corrected chi connectivity index (χ3v) is 17.9. The second-order valence-electron chi connectivity index (χ2n) is 19.3. The number of phenolic OH excluding ortho intramolecular Hbond substituents is 1. The number of nitrogens with zero attached hydrogens (tertiary/aromatic N) is 4. The zero-order valence-electron chi connectivity index (χ0n) is 50.1. The monoisotopic (exact) mass is 1640 g/mol. The third-order valence-electron chi connectivity index (χ3n) is 12.0. The summed E-state index contributed by atoms with van der Waals surface area (Å²) >= 11 is 4.43. The van der Waals surface area contributed by atoms with Crippen LogP contribution in [0.2, 0.25) is 0 Å². The van der Waals surface area contributed by atoms with E-state index in [0.717, 1.165) is 9.32 Å². The van der Waals surface area contributed by atoms with Gasteiger partial charge in [0.05, 0.1) is 21.8 Å². The Balaban J connectivity index is 0.000000183. The third kappa shape index (κ3) is 25.3. The molecular formula is C73H60F4I3N4O8S2+. The van der Waals surface area contributed by atoms with E-state index in [9.17, 15) is 31.9 Å². The summed E-state index contributed by atoms with van der Waals surface area (Å²) in [6.45, 7) is 0.818. The highest BCUT2D eigenvalue weighted by atomic mass is 127. The van der Waals surface area contributed by atoms with Crippen LogP contribution in [0.25, 0.3) is 0 Å². The largest absolute Gasteiger partial charge is 1.00 e. The number of hydrogen-bond acceptors (Lipinski definition) is 9. The Morgan fingerprint density at radius 3 is 0.883 bits per heavy atom. The normalized spacial score (nSPS) is 10.4. The first-order chi connectivity index (χ1) is 44.8. The average Bonchev–Trinajstić information content (AvgIpc) is 1.09. The van der Waals surface area contributed by atoms with Crippen LogP contribution in [0.4, 0.5) is 22.4 Å². The van der Waals surface area contributed by atoms with Gasteiger partial charge in [0.2, 0.25) is 0 Å². The second kappa shape index (κ2) is 38.4. The van der Waals surface area contributed by atoms with Crippen molar-refractivity contribution in [1.29, 1.82) is 0 Å². The van der Waals surface area contributed by atoms with Crippen molar-refractivity contribution in [3.05, 3.63) is 324 Å². The number of carboxylic acids is 1. The second-order valence-corrected chi connectivity index (χ2v) is 25.8. The Morgan fingerprint density at radius 2 is 0.649 bits per heavy atom. The summed E-state index contributed by atoms with van der Waals surface area (Å²) < 4.78 is 68.6. The molecular weight excluding hydrogens is 1580 g/mol. The van der Waals surface area contributed by atoms with Crippen molar-refractivity contribution in [1.82, 2.24) is 19.1 Å². The van der Waals surface area contributed by atoms with E-state index >= 15 is 0 Å². The number of ether oxygens (including phenoxy) is 3. The number of esters is 1. The lowest BCUT2D eigenvalue weighted by Gasteiger charge is -2.10. The number of halogens is 7. The first kappa shape index (κ1) is 74.3. The van der Waals surface area contributed by atoms with Crippen molar-refractivity contribution >= 4 is 84.9 Å². The predicted octanol–water partition coefficient (Wildman–Crippen LogP) is 16.3. The molecule has 12 rings (SSSR count). The molecule has 21 heteroatoms. The minimum absolute atomic E-state index is 0. The van der Waals surface area contributed by atoms with Crippen molar-refractivity contribution in [3.63, 3.8) is 0 Å². The SMILES string of the molecule is CC(F)(F)C(=O)O.CC(F)(F)C(=O)Oc1ccc(Oc2ccc(I)cc2)cc1.O=C(n1ccnc1)n1ccnc1.Oc1ccc(Oc2ccc(I)cc2)cc1.[I-].c1ccc([S+](c2ccccc2)c2ccccc2)cc1.c1ccc([S+](c2ccccc2)c2ccccc2)cc1. The fourth-order valence-corrected chi connectivity index (χ4v) is 12.5. The fourth-order valence-electron chi connectivity index (χ4n) is 7.60. The maximum absolute atomic E-state index is 12.7. The van der Waals surface area contributed by atoms with Crippen molar-refractivity contribution in [2.75, 3.05) is 0 Å². The van der Waals surface area contributed by atoms with Crippen molar-refractivity contribution in [2.24, 2.45) is 0 Å². The minimum atomic E-state index is -3.58. The predicted molar refractivity (Wildman–Crippen MR) is 371 cm³/mol. The smallest absolute Gasteiger partial charge is 0.382 e. The molecule has 0 radical (unpaired) electrons. The molecule has 0 atom stereocenters. The van der Waals surface area contributed by atoms with E-state index in [4.69, 9.17) is 19.7 Å². The lowest BCUT2D eigenvalue weighted by atomic mass is 10.3. The van der Waals surface area contributed by atoms with Crippen LogP contribution < -0.4 is 38.2 Å². The summed E-state index contributed by atoms with van der Waals surface area (Å²) in [5.41, 5.74) is 0. The van der Waals surface area contributed by atoms with Crippen LogP contribution in [0.5, 0.6) is 34.5 Å². The summed E-state index contributed by atoms with van der Waals surface area (Å²) in [6, 6.07) is 91.8. The molecule has 2 heterocycles. The van der Waals surface area contributed by atoms with Gasteiger partial charge >= 0.3 is 29.8 Å². The van der Waals surface area contributed by atoms with E-state index in [-0.39, 0.29) is 63.3 Å². The standard InChI is InChI=1S/2C18H15S.C15H11F2IO3.C12H9IO2.C7H6N4O.C3H4F2O2.HI/c2*1-4-10-16(11-5-1)19(17-12-6-2-7-13-17)18-14-8-3-9-15-18;1-15(16,17)14(19)21-13-8-6-12(7-9-13)20-11-4-2-10(18)3-5-11;13-9-1-5-11(6-2-9)15-12-7-3-10(14)4-8-12;12-7(10-3-1-8-5-10)11-4-2-9-6-11;1-3(4,5)2(6)7;/h2*1-15H;2-9H,1H3;1-8,14H;1-6H;1H3,(H,6,7);1H/q2*+1;;;;;/p-1. The van der Waals surface area contributed by atoms with Crippen molar-refractivity contribution in [3.8, 4) is 34.5 Å². The molecule has 480 valence electrons. The lowest BCUT2D eigenvalue weighted by Crippen LogP contribution is -3.00. The molecule has 0 aliphatic rings. The van der Waals surface area contributed by atoms with Gasteiger partial charge in [-0.3, -0.25) is 9.13 Å². The molecule has 94 heavy (non-hydrogen) atoms. The highest BCUT2D eigenvalue weighted by Crippen LogP contribution is 2.33. The van der Waals surface area contributed by atoms with Gasteiger partial charge in [0.1, 0.15) is 47.2 Å². The van der Waals surface area contributed by atoms with Crippen molar-refractivity contribution < 1.29 is 80.3 Å². The Morgan fingerprint density at radius 1 is 0.404 bits per heavy atom. The molecule has 0 saturated carbocycles. The van der Waals surface area contributed by atoms with E-state index in [2.05, 4.69) is 242 Å². The number of phenols is 1. The quantitative estimate of drug-likeness (QED) is 0.0375. The number of alkyl halides is 4. The molecule has 0 unspecified atom stereocenters. The van der Waals surface area contributed by atoms with Gasteiger partial charge < -0.3 is 48.4 Å². The summed E-state index contributed by atoms with van der Waals surface area (Å²) in [5.74, 6) is -7.83. The van der Waals surface area contributed by atoms with Gasteiger partial charge in [-0.2, -0.15) is 17.6 Å². The van der Waals surface area contributed by atoms with Gasteiger partial charge in [0, 0.05) is 45.8 Å². The zero-order chi connectivity index (χ0) is 66.4. The Bertz CT molecular complexity index is 3720. The molecule has 12 nitrogen and oxygen atoms in total. The molecule has 0 fully saturated rings. The van der Waals surface area contributed by atoms with E-state index in [1.807, 2.05) is 48.5 Å². The van der Waals surface area contributed by atoms with Crippen molar-refractivity contribution in [2.45, 2.75) is 55.1 Å². The molecule has 0 saturated heterocycles. The number of rotatable bonds is 13. The van der Waals surface area contributed by atoms with Gasteiger partial charge in [0.25, 0.3) is 0 Å². The van der Waals surface area contributed by atoms with Gasteiger partial charge in [-0.15, -0.1) is 0 Å². The number of carboxylic acid groups (broad SMARTS) is 1.